The lowest BCUT2D eigenvalue weighted by Crippen LogP contribution is -2.36. The lowest BCUT2D eigenvalue weighted by Gasteiger charge is -2.25. The first kappa shape index (κ1) is 17.5. The molecule has 1 aliphatic heterocycles. The number of benzene rings is 1. The van der Waals surface area contributed by atoms with Gasteiger partial charge in [-0.2, -0.15) is 0 Å². The van der Waals surface area contributed by atoms with Gasteiger partial charge in [-0.25, -0.2) is 4.79 Å². The van der Waals surface area contributed by atoms with E-state index in [4.69, 9.17) is 0 Å². The molecule has 1 aromatic carbocycles. The van der Waals surface area contributed by atoms with Crippen molar-refractivity contribution in [2.75, 3.05) is 6.54 Å². The average Bonchev–Trinajstić information content (AvgIpc) is 3.29. The summed E-state index contributed by atoms with van der Waals surface area (Å²) in [7, 11) is 0. The maximum Gasteiger partial charge on any atom is 0.329 e. The molecule has 0 saturated carbocycles. The number of pyridine rings is 1. The molecule has 0 N–H and O–H groups in total. The summed E-state index contributed by atoms with van der Waals surface area (Å²) in [5.74, 6) is -0.00388. The quantitative estimate of drug-likeness (QED) is 0.699. The molecular weight excluding hydrogens is 340 g/mol. The van der Waals surface area contributed by atoms with Gasteiger partial charge in [0.25, 0.3) is 0 Å². The molecule has 0 spiro atoms. The third kappa shape index (κ3) is 3.16. The van der Waals surface area contributed by atoms with Gasteiger partial charge in [0.1, 0.15) is 6.54 Å². The molecule has 0 aliphatic carbocycles. The zero-order chi connectivity index (χ0) is 18.8. The SMILES string of the molecule is CCCn1c(=O)n(CC(=O)N2CCCC2c2ccncc2)c2ccccc21. The van der Waals surface area contributed by atoms with E-state index in [2.05, 4.69) is 4.98 Å². The Kier molecular flexibility index (Phi) is 4.79. The molecular formula is C21H24N4O2. The Bertz CT molecular complexity index is 1010. The van der Waals surface area contributed by atoms with Gasteiger partial charge in [0.15, 0.2) is 0 Å². The third-order valence-corrected chi connectivity index (χ3v) is 5.33. The smallest absolute Gasteiger partial charge is 0.329 e. The Balaban J connectivity index is 1.65. The Morgan fingerprint density at radius 1 is 1.11 bits per heavy atom. The first-order chi connectivity index (χ1) is 13.2. The number of aryl methyl sites for hydroxylation is 1. The number of rotatable bonds is 5. The lowest BCUT2D eigenvalue weighted by molar-refractivity contribution is -0.132. The van der Waals surface area contributed by atoms with Crippen LogP contribution in [0, 0.1) is 0 Å². The fourth-order valence-electron chi connectivity index (χ4n) is 4.09. The molecule has 1 amide bonds. The highest BCUT2D eigenvalue weighted by atomic mass is 16.2. The second kappa shape index (κ2) is 7.39. The van der Waals surface area contributed by atoms with E-state index in [1.54, 1.807) is 21.5 Å². The molecule has 6 nitrogen and oxygen atoms in total. The van der Waals surface area contributed by atoms with Crippen LogP contribution >= 0.6 is 0 Å². The molecule has 1 saturated heterocycles. The molecule has 4 rings (SSSR count). The minimum atomic E-state index is -0.106. The van der Waals surface area contributed by atoms with Crippen molar-refractivity contribution in [3.8, 4) is 0 Å². The van der Waals surface area contributed by atoms with Crippen molar-refractivity contribution in [3.63, 3.8) is 0 Å². The number of aromatic nitrogens is 3. The first-order valence-electron chi connectivity index (χ1n) is 9.58. The standard InChI is InChI=1S/C21H24N4O2/c1-2-13-24-18-6-3-4-7-19(18)25(21(24)27)15-20(26)23-14-5-8-17(23)16-9-11-22-12-10-16/h3-4,6-7,9-12,17H,2,5,8,13-15H2,1H3. The van der Waals surface area contributed by atoms with E-state index < -0.39 is 0 Å². The van der Waals surface area contributed by atoms with Crippen molar-refractivity contribution < 1.29 is 4.79 Å². The zero-order valence-corrected chi connectivity index (χ0v) is 15.5. The van der Waals surface area contributed by atoms with Gasteiger partial charge in [0, 0.05) is 25.5 Å². The highest BCUT2D eigenvalue weighted by molar-refractivity contribution is 5.81. The van der Waals surface area contributed by atoms with E-state index >= 15 is 0 Å². The number of carbonyl (C=O) groups is 1. The lowest BCUT2D eigenvalue weighted by atomic mass is 10.1. The highest BCUT2D eigenvalue weighted by Gasteiger charge is 2.30. The zero-order valence-electron chi connectivity index (χ0n) is 15.5. The Labute approximate surface area is 158 Å². The van der Waals surface area contributed by atoms with Crippen molar-refractivity contribution in [3.05, 3.63) is 64.8 Å². The van der Waals surface area contributed by atoms with Crippen LogP contribution < -0.4 is 5.69 Å². The fraction of sp³-hybridized carbons (Fsp3) is 0.381. The summed E-state index contributed by atoms with van der Waals surface area (Å²) < 4.78 is 3.39. The second-order valence-electron chi connectivity index (χ2n) is 7.03. The van der Waals surface area contributed by atoms with Gasteiger partial charge < -0.3 is 4.90 Å². The maximum atomic E-state index is 13.1. The molecule has 1 atom stereocenters. The summed E-state index contributed by atoms with van der Waals surface area (Å²) >= 11 is 0. The topological polar surface area (TPSA) is 60.1 Å². The maximum absolute atomic E-state index is 13.1. The molecule has 27 heavy (non-hydrogen) atoms. The van der Waals surface area contributed by atoms with Crippen LogP contribution in [0.4, 0.5) is 0 Å². The predicted octanol–water partition coefficient (Wildman–Crippen LogP) is 2.97. The van der Waals surface area contributed by atoms with Crippen molar-refractivity contribution >= 4 is 16.9 Å². The van der Waals surface area contributed by atoms with Crippen molar-refractivity contribution in [2.24, 2.45) is 0 Å². The van der Waals surface area contributed by atoms with Crippen LogP contribution in [0.1, 0.15) is 37.8 Å². The average molecular weight is 364 g/mol. The van der Waals surface area contributed by atoms with Gasteiger partial charge >= 0.3 is 5.69 Å². The number of likely N-dealkylation sites (tertiary alicyclic amines) is 1. The molecule has 0 bridgehead atoms. The Morgan fingerprint density at radius 3 is 2.52 bits per heavy atom. The molecule has 0 radical (unpaired) electrons. The van der Waals surface area contributed by atoms with Crippen LogP contribution in [-0.4, -0.2) is 31.5 Å². The van der Waals surface area contributed by atoms with Gasteiger partial charge in [-0.15, -0.1) is 0 Å². The van der Waals surface area contributed by atoms with E-state index in [9.17, 15) is 9.59 Å². The third-order valence-electron chi connectivity index (χ3n) is 5.33. The van der Waals surface area contributed by atoms with Crippen LogP contribution in [0.2, 0.25) is 0 Å². The van der Waals surface area contributed by atoms with Gasteiger partial charge in [0.05, 0.1) is 17.1 Å². The minimum absolute atomic E-state index is 0.00388. The number of imidazole rings is 1. The molecule has 2 aromatic heterocycles. The largest absolute Gasteiger partial charge is 0.334 e. The van der Waals surface area contributed by atoms with Crippen molar-refractivity contribution in [2.45, 2.75) is 45.3 Å². The molecule has 3 heterocycles. The van der Waals surface area contributed by atoms with E-state index in [0.29, 0.717) is 6.54 Å². The van der Waals surface area contributed by atoms with Crippen LogP contribution in [-0.2, 0) is 17.9 Å². The van der Waals surface area contributed by atoms with Crippen LogP contribution in [0.15, 0.2) is 53.6 Å². The summed E-state index contributed by atoms with van der Waals surface area (Å²) in [5, 5.41) is 0. The molecule has 3 aromatic rings. The minimum Gasteiger partial charge on any atom is -0.334 e. The summed E-state index contributed by atoms with van der Waals surface area (Å²) in [4.78, 5) is 32.0. The van der Waals surface area contributed by atoms with Gasteiger partial charge in [0.2, 0.25) is 5.91 Å². The molecule has 1 unspecified atom stereocenters. The van der Waals surface area contributed by atoms with Crippen molar-refractivity contribution in [1.29, 1.82) is 0 Å². The number of para-hydroxylation sites is 2. The van der Waals surface area contributed by atoms with Crippen LogP contribution in [0.5, 0.6) is 0 Å². The number of hydrogen-bond donors (Lipinski definition) is 0. The van der Waals surface area contributed by atoms with Gasteiger partial charge in [-0.05, 0) is 49.1 Å². The number of fused-ring (bicyclic) bond motifs is 1. The summed E-state index contributed by atoms with van der Waals surface area (Å²) in [6.45, 7) is 3.52. The van der Waals surface area contributed by atoms with Crippen LogP contribution in [0.25, 0.3) is 11.0 Å². The first-order valence-corrected chi connectivity index (χ1v) is 9.58. The molecule has 140 valence electrons. The number of nitrogens with zero attached hydrogens (tertiary/aromatic N) is 4. The molecule has 1 aliphatic rings. The molecule has 1 fully saturated rings. The summed E-state index contributed by atoms with van der Waals surface area (Å²) in [6, 6.07) is 11.7. The van der Waals surface area contributed by atoms with Crippen LogP contribution in [0.3, 0.4) is 0 Å². The number of hydrogen-bond acceptors (Lipinski definition) is 3. The van der Waals surface area contributed by atoms with Crippen molar-refractivity contribution in [1.82, 2.24) is 19.0 Å². The number of amides is 1. The van der Waals surface area contributed by atoms with E-state index in [1.807, 2.05) is 48.2 Å². The van der Waals surface area contributed by atoms with Gasteiger partial charge in [-0.1, -0.05) is 19.1 Å². The Hall–Kier alpha value is -2.89. The predicted molar refractivity (Wildman–Crippen MR) is 104 cm³/mol. The normalized spacial score (nSPS) is 16.9. The fourth-order valence-corrected chi connectivity index (χ4v) is 4.09. The number of carbonyl (C=O) groups excluding carboxylic acids is 1. The highest BCUT2D eigenvalue weighted by Crippen LogP contribution is 2.31. The molecule has 6 heteroatoms. The Morgan fingerprint density at radius 2 is 1.81 bits per heavy atom. The van der Waals surface area contributed by atoms with E-state index in [-0.39, 0.29) is 24.2 Å². The second-order valence-corrected chi connectivity index (χ2v) is 7.03. The monoisotopic (exact) mass is 364 g/mol. The summed E-state index contributed by atoms with van der Waals surface area (Å²) in [6.07, 6.45) is 6.32. The van der Waals surface area contributed by atoms with E-state index in [1.165, 1.54) is 0 Å². The van der Waals surface area contributed by atoms with E-state index in [0.717, 1.165) is 42.4 Å². The summed E-state index contributed by atoms with van der Waals surface area (Å²) in [5.41, 5.74) is 2.72. The van der Waals surface area contributed by atoms with Gasteiger partial charge in [-0.3, -0.25) is 18.9 Å².